The fourth-order valence-corrected chi connectivity index (χ4v) is 1.63. The van der Waals surface area contributed by atoms with E-state index in [0.29, 0.717) is 19.6 Å². The van der Waals surface area contributed by atoms with Crippen molar-refractivity contribution in [1.82, 2.24) is 0 Å². The van der Waals surface area contributed by atoms with Crippen molar-refractivity contribution in [1.29, 1.82) is 0 Å². The van der Waals surface area contributed by atoms with Crippen LogP contribution in [0.3, 0.4) is 0 Å². The summed E-state index contributed by atoms with van der Waals surface area (Å²) in [7, 11) is 1.71. The van der Waals surface area contributed by atoms with Gasteiger partial charge in [0.05, 0.1) is 5.60 Å². The lowest BCUT2D eigenvalue weighted by molar-refractivity contribution is -0.0101. The molecule has 0 atom stereocenters. The van der Waals surface area contributed by atoms with Gasteiger partial charge in [0, 0.05) is 32.3 Å². The molecule has 0 heterocycles. The third-order valence-corrected chi connectivity index (χ3v) is 3.19. The zero-order chi connectivity index (χ0) is 14.1. The minimum absolute atomic E-state index is 0.139. The normalized spacial score (nSPS) is 11.5. The Balaban J connectivity index is 2.10. The Bertz CT molecular complexity index is 371. The van der Waals surface area contributed by atoms with Gasteiger partial charge in [0.15, 0.2) is 5.78 Å². The molecule has 0 amide bonds. The summed E-state index contributed by atoms with van der Waals surface area (Å²) >= 11 is 0. The van der Waals surface area contributed by atoms with Gasteiger partial charge >= 0.3 is 0 Å². The molecule has 106 valence electrons. The van der Waals surface area contributed by atoms with Crippen molar-refractivity contribution in [2.75, 3.05) is 20.3 Å². The van der Waals surface area contributed by atoms with E-state index >= 15 is 0 Å². The minimum atomic E-state index is -0.139. The maximum Gasteiger partial charge on any atom is 0.162 e. The van der Waals surface area contributed by atoms with Crippen molar-refractivity contribution in [3.63, 3.8) is 0 Å². The molecule has 0 aliphatic rings. The maximum atomic E-state index is 11.8. The minimum Gasteiger partial charge on any atom is -0.381 e. The molecule has 0 radical (unpaired) electrons. The van der Waals surface area contributed by atoms with Crippen molar-refractivity contribution in [3.8, 4) is 0 Å². The summed E-state index contributed by atoms with van der Waals surface area (Å²) in [5.41, 5.74) is 0.642. The highest BCUT2D eigenvalue weighted by atomic mass is 16.5. The number of hydrogen-bond acceptors (Lipinski definition) is 3. The summed E-state index contributed by atoms with van der Waals surface area (Å²) in [6.07, 6.45) is 2.16. The smallest absolute Gasteiger partial charge is 0.162 e. The van der Waals surface area contributed by atoms with E-state index < -0.39 is 0 Å². The summed E-state index contributed by atoms with van der Waals surface area (Å²) in [5.74, 6) is 0.182. The van der Waals surface area contributed by atoms with Crippen LogP contribution in [0.2, 0.25) is 0 Å². The van der Waals surface area contributed by atoms with Gasteiger partial charge in [-0.1, -0.05) is 30.3 Å². The Morgan fingerprint density at radius 3 is 2.47 bits per heavy atom. The lowest BCUT2D eigenvalue weighted by Crippen LogP contribution is -2.24. The average molecular weight is 264 g/mol. The number of methoxy groups -OCH3 is 1. The molecule has 0 aliphatic heterocycles. The number of rotatable bonds is 9. The summed E-state index contributed by atoms with van der Waals surface area (Å²) < 4.78 is 10.8. The van der Waals surface area contributed by atoms with Gasteiger partial charge in [-0.2, -0.15) is 0 Å². The summed E-state index contributed by atoms with van der Waals surface area (Å²) in [5, 5.41) is 0. The number of carbonyl (C=O) groups excluding carboxylic acids is 1. The van der Waals surface area contributed by atoms with Crippen LogP contribution in [0.25, 0.3) is 0 Å². The van der Waals surface area contributed by atoms with Crippen molar-refractivity contribution in [3.05, 3.63) is 35.9 Å². The molecule has 0 saturated carbocycles. The Labute approximate surface area is 115 Å². The lowest BCUT2D eigenvalue weighted by atomic mass is 10.1. The van der Waals surface area contributed by atoms with Crippen LogP contribution in [-0.2, 0) is 9.47 Å². The molecular weight excluding hydrogens is 240 g/mol. The van der Waals surface area contributed by atoms with E-state index in [4.69, 9.17) is 9.47 Å². The third-order valence-electron chi connectivity index (χ3n) is 3.19. The Morgan fingerprint density at radius 1 is 1.16 bits per heavy atom. The lowest BCUT2D eigenvalue weighted by Gasteiger charge is -2.22. The first-order valence-electron chi connectivity index (χ1n) is 6.76. The van der Waals surface area contributed by atoms with E-state index in [1.165, 1.54) is 0 Å². The molecule has 0 bridgehead atoms. The zero-order valence-electron chi connectivity index (χ0n) is 12.1. The SMILES string of the molecule is COC(C)(C)CCOCCCC(=O)c1ccccc1. The van der Waals surface area contributed by atoms with Gasteiger partial charge in [-0.15, -0.1) is 0 Å². The number of ketones is 1. The van der Waals surface area contributed by atoms with Crippen LogP contribution in [0.15, 0.2) is 30.3 Å². The topological polar surface area (TPSA) is 35.5 Å². The molecule has 0 unspecified atom stereocenters. The van der Waals surface area contributed by atoms with E-state index in [-0.39, 0.29) is 11.4 Å². The molecule has 3 heteroatoms. The highest BCUT2D eigenvalue weighted by molar-refractivity contribution is 5.95. The summed E-state index contributed by atoms with van der Waals surface area (Å²) in [6, 6.07) is 9.39. The van der Waals surface area contributed by atoms with E-state index in [0.717, 1.165) is 18.4 Å². The first kappa shape index (κ1) is 15.9. The van der Waals surface area contributed by atoms with Gasteiger partial charge in [-0.25, -0.2) is 0 Å². The zero-order valence-corrected chi connectivity index (χ0v) is 12.1. The molecule has 0 saturated heterocycles. The van der Waals surface area contributed by atoms with Crippen LogP contribution in [0.1, 0.15) is 43.5 Å². The standard InChI is InChI=1S/C16H24O3/c1-16(2,18-3)11-13-19-12-7-10-15(17)14-8-5-4-6-9-14/h4-6,8-9H,7,10-13H2,1-3H3. The number of benzene rings is 1. The molecule has 3 nitrogen and oxygen atoms in total. The molecule has 1 aromatic rings. The number of hydrogen-bond donors (Lipinski definition) is 0. The van der Waals surface area contributed by atoms with Crippen molar-refractivity contribution in [2.24, 2.45) is 0 Å². The maximum absolute atomic E-state index is 11.8. The molecule has 1 aromatic carbocycles. The summed E-state index contributed by atoms with van der Waals surface area (Å²) in [6.45, 7) is 5.36. The van der Waals surface area contributed by atoms with Gasteiger partial charge in [-0.3, -0.25) is 4.79 Å². The van der Waals surface area contributed by atoms with Crippen molar-refractivity contribution < 1.29 is 14.3 Å². The van der Waals surface area contributed by atoms with Gasteiger partial charge < -0.3 is 9.47 Å². The average Bonchev–Trinajstić information content (AvgIpc) is 2.43. The van der Waals surface area contributed by atoms with Crippen LogP contribution >= 0.6 is 0 Å². The van der Waals surface area contributed by atoms with Crippen molar-refractivity contribution in [2.45, 2.75) is 38.7 Å². The van der Waals surface area contributed by atoms with E-state index in [1.807, 2.05) is 44.2 Å². The Kier molecular flexibility index (Phi) is 6.74. The van der Waals surface area contributed by atoms with Crippen LogP contribution in [0.4, 0.5) is 0 Å². The van der Waals surface area contributed by atoms with Gasteiger partial charge in [-0.05, 0) is 26.7 Å². The fourth-order valence-electron chi connectivity index (χ4n) is 1.63. The quantitative estimate of drug-likeness (QED) is 0.506. The Morgan fingerprint density at radius 2 is 1.84 bits per heavy atom. The number of ether oxygens (including phenoxy) is 2. The fraction of sp³-hybridized carbons (Fsp3) is 0.562. The third kappa shape index (κ3) is 6.50. The van der Waals surface area contributed by atoms with Crippen LogP contribution < -0.4 is 0 Å². The largest absolute Gasteiger partial charge is 0.381 e. The predicted octanol–water partition coefficient (Wildman–Crippen LogP) is 3.48. The van der Waals surface area contributed by atoms with Crippen LogP contribution in [0, 0.1) is 0 Å². The Hall–Kier alpha value is -1.19. The molecule has 19 heavy (non-hydrogen) atoms. The second-order valence-corrected chi connectivity index (χ2v) is 5.22. The van der Waals surface area contributed by atoms with Crippen LogP contribution in [-0.4, -0.2) is 31.7 Å². The second kappa shape index (κ2) is 8.08. The number of carbonyl (C=O) groups is 1. The molecule has 1 rings (SSSR count). The van der Waals surface area contributed by atoms with Gasteiger partial charge in [0.25, 0.3) is 0 Å². The van der Waals surface area contributed by atoms with Gasteiger partial charge in [0.1, 0.15) is 0 Å². The van der Waals surface area contributed by atoms with E-state index in [2.05, 4.69) is 0 Å². The molecule has 0 spiro atoms. The molecule has 0 aliphatic carbocycles. The van der Waals surface area contributed by atoms with Crippen LogP contribution in [0.5, 0.6) is 0 Å². The van der Waals surface area contributed by atoms with Gasteiger partial charge in [0.2, 0.25) is 0 Å². The van der Waals surface area contributed by atoms with E-state index in [1.54, 1.807) is 7.11 Å². The highest BCUT2D eigenvalue weighted by Crippen LogP contribution is 2.12. The summed E-state index contributed by atoms with van der Waals surface area (Å²) in [4.78, 5) is 11.8. The first-order valence-corrected chi connectivity index (χ1v) is 6.76. The molecule has 0 fully saturated rings. The molecule has 0 N–H and O–H groups in total. The van der Waals surface area contributed by atoms with E-state index in [9.17, 15) is 4.79 Å². The highest BCUT2D eigenvalue weighted by Gasteiger charge is 2.15. The first-order chi connectivity index (χ1) is 9.05. The molecule has 0 aromatic heterocycles. The predicted molar refractivity (Wildman–Crippen MR) is 76.5 cm³/mol. The molecular formula is C16H24O3. The monoisotopic (exact) mass is 264 g/mol. The van der Waals surface area contributed by atoms with Crippen molar-refractivity contribution >= 4 is 5.78 Å². The second-order valence-electron chi connectivity index (χ2n) is 5.22. The number of Topliss-reactive ketones (excluding diaryl/α,β-unsaturated/α-hetero) is 1.